The first-order valence-electron chi connectivity index (χ1n) is 5.80. The third kappa shape index (κ3) is 3.04. The summed E-state index contributed by atoms with van der Waals surface area (Å²) >= 11 is 0. The molecule has 1 aromatic rings. The Morgan fingerprint density at radius 1 is 1.17 bits per heavy atom. The molecule has 0 saturated carbocycles. The van der Waals surface area contributed by atoms with Crippen LogP contribution in [-0.4, -0.2) is 38.5 Å². The number of rotatable bonds is 5. The Morgan fingerprint density at radius 3 is 2.50 bits per heavy atom. The van der Waals surface area contributed by atoms with Crippen LogP contribution in [0.25, 0.3) is 0 Å². The minimum Gasteiger partial charge on any atom is -0.374 e. The van der Waals surface area contributed by atoms with E-state index in [-0.39, 0.29) is 6.61 Å². The molecule has 3 nitrogen and oxygen atoms in total. The lowest BCUT2D eigenvalue weighted by molar-refractivity contribution is -0.146. The summed E-state index contributed by atoms with van der Waals surface area (Å²) in [5.74, 6) is 0. The molecule has 1 aliphatic rings. The van der Waals surface area contributed by atoms with Gasteiger partial charge in [-0.3, -0.25) is 0 Å². The number of halogens is 2. The van der Waals surface area contributed by atoms with E-state index in [2.05, 4.69) is 0 Å². The largest absolute Gasteiger partial charge is 0.374 e. The number of ether oxygens (including phenoxy) is 3. The molecule has 0 amide bonds. The molecule has 0 N–H and O–H groups in total. The fraction of sp³-hybridized carbons (Fsp3) is 0.538. The van der Waals surface area contributed by atoms with Crippen LogP contribution in [0.5, 0.6) is 0 Å². The molecule has 100 valence electrons. The quantitative estimate of drug-likeness (QED) is 0.810. The van der Waals surface area contributed by atoms with Gasteiger partial charge in [-0.2, -0.15) is 0 Å². The summed E-state index contributed by atoms with van der Waals surface area (Å²) in [6.45, 7) is 0.359. The average Bonchev–Trinajstić information content (AvgIpc) is 2.68. The minimum atomic E-state index is -1.75. The van der Waals surface area contributed by atoms with Gasteiger partial charge in [-0.1, -0.05) is 30.3 Å². The highest BCUT2D eigenvalue weighted by molar-refractivity contribution is 5.13. The van der Waals surface area contributed by atoms with Gasteiger partial charge in [0.15, 0.2) is 18.6 Å². The molecular formula is C13H16F2O3. The molecule has 4 atom stereocenters. The predicted molar refractivity (Wildman–Crippen MR) is 61.6 cm³/mol. The molecule has 0 bridgehead atoms. The number of benzene rings is 1. The van der Waals surface area contributed by atoms with E-state index in [1.54, 1.807) is 0 Å². The zero-order valence-corrected chi connectivity index (χ0v) is 10.1. The SMILES string of the molecule is CO[C@@H]1O[C@H](COCc2ccccc2)[C@@H](F)[C@H]1F. The highest BCUT2D eigenvalue weighted by Crippen LogP contribution is 2.27. The minimum absolute atomic E-state index is 0.0103. The zero-order valence-electron chi connectivity index (χ0n) is 10.1. The normalized spacial score (nSPS) is 31.7. The molecule has 1 fully saturated rings. The van der Waals surface area contributed by atoms with Gasteiger partial charge in [0, 0.05) is 7.11 Å². The number of methoxy groups -OCH3 is 1. The van der Waals surface area contributed by atoms with Crippen molar-refractivity contribution in [1.29, 1.82) is 0 Å². The summed E-state index contributed by atoms with van der Waals surface area (Å²) in [6.07, 6.45) is -5.50. The molecule has 0 aliphatic carbocycles. The second-order valence-corrected chi connectivity index (χ2v) is 4.17. The van der Waals surface area contributed by atoms with Gasteiger partial charge in [-0.05, 0) is 5.56 Å². The molecule has 0 unspecified atom stereocenters. The maximum atomic E-state index is 13.5. The highest BCUT2D eigenvalue weighted by Gasteiger charge is 2.45. The summed E-state index contributed by atoms with van der Waals surface area (Å²) in [5.41, 5.74) is 0.978. The van der Waals surface area contributed by atoms with Crippen molar-refractivity contribution in [2.75, 3.05) is 13.7 Å². The number of alkyl halides is 2. The van der Waals surface area contributed by atoms with Crippen LogP contribution in [0.2, 0.25) is 0 Å². The van der Waals surface area contributed by atoms with Gasteiger partial charge >= 0.3 is 0 Å². The van der Waals surface area contributed by atoms with Crippen molar-refractivity contribution >= 4 is 0 Å². The van der Waals surface area contributed by atoms with E-state index < -0.39 is 24.7 Å². The van der Waals surface area contributed by atoms with Crippen molar-refractivity contribution in [3.05, 3.63) is 35.9 Å². The molecule has 1 aliphatic heterocycles. The molecule has 5 heteroatoms. The van der Waals surface area contributed by atoms with E-state index in [1.807, 2.05) is 30.3 Å². The first-order chi connectivity index (χ1) is 8.72. The molecular weight excluding hydrogens is 242 g/mol. The second kappa shape index (κ2) is 6.22. The maximum Gasteiger partial charge on any atom is 0.192 e. The summed E-state index contributed by atoms with van der Waals surface area (Å²) in [5, 5.41) is 0. The molecule has 2 rings (SSSR count). The smallest absolute Gasteiger partial charge is 0.192 e. The Balaban J connectivity index is 1.77. The van der Waals surface area contributed by atoms with Crippen molar-refractivity contribution < 1.29 is 23.0 Å². The topological polar surface area (TPSA) is 27.7 Å². The van der Waals surface area contributed by atoms with Gasteiger partial charge in [0.05, 0.1) is 13.2 Å². The second-order valence-electron chi connectivity index (χ2n) is 4.17. The first-order valence-corrected chi connectivity index (χ1v) is 5.80. The Bertz CT molecular complexity index is 361. The molecule has 0 spiro atoms. The van der Waals surface area contributed by atoms with E-state index in [4.69, 9.17) is 14.2 Å². The van der Waals surface area contributed by atoms with Crippen LogP contribution in [0.15, 0.2) is 30.3 Å². The van der Waals surface area contributed by atoms with Gasteiger partial charge < -0.3 is 14.2 Å². The molecule has 18 heavy (non-hydrogen) atoms. The Labute approximate surface area is 105 Å². The highest BCUT2D eigenvalue weighted by atomic mass is 19.2. The van der Waals surface area contributed by atoms with Crippen molar-refractivity contribution in [2.24, 2.45) is 0 Å². The third-order valence-electron chi connectivity index (χ3n) is 2.85. The lowest BCUT2D eigenvalue weighted by Crippen LogP contribution is -2.28. The average molecular weight is 258 g/mol. The van der Waals surface area contributed by atoms with E-state index in [1.165, 1.54) is 7.11 Å². The summed E-state index contributed by atoms with van der Waals surface area (Å²) in [6, 6.07) is 9.48. The zero-order chi connectivity index (χ0) is 13.0. The Morgan fingerprint density at radius 2 is 1.89 bits per heavy atom. The van der Waals surface area contributed by atoms with Gasteiger partial charge in [-0.15, -0.1) is 0 Å². The van der Waals surface area contributed by atoms with Crippen LogP contribution in [-0.2, 0) is 20.8 Å². The van der Waals surface area contributed by atoms with E-state index in [0.29, 0.717) is 6.61 Å². The van der Waals surface area contributed by atoms with Gasteiger partial charge in [0.1, 0.15) is 6.10 Å². The molecule has 0 radical (unpaired) electrons. The summed E-state index contributed by atoms with van der Waals surface area (Å²) < 4.78 is 41.9. The van der Waals surface area contributed by atoms with Crippen molar-refractivity contribution in [2.45, 2.75) is 31.3 Å². The fourth-order valence-corrected chi connectivity index (χ4v) is 1.86. The Hall–Kier alpha value is -1.04. The van der Waals surface area contributed by atoms with E-state index in [0.717, 1.165) is 5.56 Å². The monoisotopic (exact) mass is 258 g/mol. The summed E-state index contributed by atoms with van der Waals surface area (Å²) in [7, 11) is 1.29. The van der Waals surface area contributed by atoms with Crippen LogP contribution in [0.4, 0.5) is 8.78 Å². The van der Waals surface area contributed by atoms with Crippen LogP contribution in [0.1, 0.15) is 5.56 Å². The van der Waals surface area contributed by atoms with Gasteiger partial charge in [0.25, 0.3) is 0 Å². The number of hydrogen-bond acceptors (Lipinski definition) is 3. The number of hydrogen-bond donors (Lipinski definition) is 0. The van der Waals surface area contributed by atoms with E-state index >= 15 is 0 Å². The van der Waals surface area contributed by atoms with E-state index in [9.17, 15) is 8.78 Å². The molecule has 1 heterocycles. The van der Waals surface area contributed by atoms with Crippen LogP contribution in [0.3, 0.4) is 0 Å². The van der Waals surface area contributed by atoms with Crippen LogP contribution in [0, 0.1) is 0 Å². The molecule has 0 aromatic heterocycles. The van der Waals surface area contributed by atoms with Gasteiger partial charge in [-0.25, -0.2) is 8.78 Å². The van der Waals surface area contributed by atoms with Crippen molar-refractivity contribution in [3.63, 3.8) is 0 Å². The fourth-order valence-electron chi connectivity index (χ4n) is 1.86. The first kappa shape index (κ1) is 13.4. The van der Waals surface area contributed by atoms with Crippen LogP contribution < -0.4 is 0 Å². The lowest BCUT2D eigenvalue weighted by Gasteiger charge is -2.13. The standard InChI is InChI=1S/C13H16F2O3/c1-16-13-12(15)11(14)10(18-13)8-17-7-9-5-3-2-4-6-9/h2-6,10-13H,7-8H2,1H3/t10-,11-,12-,13-/m1/s1. The summed E-state index contributed by atoms with van der Waals surface area (Å²) in [4.78, 5) is 0. The maximum absolute atomic E-state index is 13.5. The predicted octanol–water partition coefficient (Wildman–Crippen LogP) is 2.25. The van der Waals surface area contributed by atoms with Crippen molar-refractivity contribution in [3.8, 4) is 0 Å². The molecule has 1 aromatic carbocycles. The lowest BCUT2D eigenvalue weighted by atomic mass is 10.2. The molecule has 1 saturated heterocycles. The Kier molecular flexibility index (Phi) is 4.63. The third-order valence-corrected chi connectivity index (χ3v) is 2.85. The van der Waals surface area contributed by atoms with Crippen LogP contribution >= 0.6 is 0 Å². The van der Waals surface area contributed by atoms with Crippen molar-refractivity contribution in [1.82, 2.24) is 0 Å². The van der Waals surface area contributed by atoms with Gasteiger partial charge in [0.2, 0.25) is 0 Å².